The van der Waals surface area contributed by atoms with Gasteiger partial charge in [0.2, 0.25) is 0 Å². The molecule has 0 atom stereocenters. The summed E-state index contributed by atoms with van der Waals surface area (Å²) in [6.07, 6.45) is 0. The highest BCUT2D eigenvalue weighted by Crippen LogP contribution is 2.44. The van der Waals surface area contributed by atoms with Crippen LogP contribution in [0.2, 0.25) is 0 Å². The summed E-state index contributed by atoms with van der Waals surface area (Å²) in [6, 6.07) is 81.0. The Hall–Kier alpha value is -8.93. The van der Waals surface area contributed by atoms with Crippen molar-refractivity contribution in [2.24, 2.45) is 0 Å². The molecule has 66 heavy (non-hydrogen) atoms. The van der Waals surface area contributed by atoms with Crippen molar-refractivity contribution in [2.75, 3.05) is 0 Å². The maximum Gasteiger partial charge on any atom is 0.166 e. The Balaban J connectivity index is 0.976. The van der Waals surface area contributed by atoms with E-state index in [4.69, 9.17) is 19.4 Å². The molecule has 0 N–H and O–H groups in total. The summed E-state index contributed by atoms with van der Waals surface area (Å²) in [7, 11) is 0. The third kappa shape index (κ3) is 6.21. The van der Waals surface area contributed by atoms with Gasteiger partial charge >= 0.3 is 0 Å². The molecular formula is C61H38N4O. The van der Waals surface area contributed by atoms with E-state index in [1.165, 1.54) is 49.0 Å². The van der Waals surface area contributed by atoms with Crippen molar-refractivity contribution in [3.63, 3.8) is 0 Å². The molecule has 0 unspecified atom stereocenters. The van der Waals surface area contributed by atoms with E-state index in [1.54, 1.807) is 0 Å². The van der Waals surface area contributed by atoms with Crippen LogP contribution in [-0.4, -0.2) is 19.5 Å². The summed E-state index contributed by atoms with van der Waals surface area (Å²) in [5.41, 5.74) is 12.5. The van der Waals surface area contributed by atoms with Gasteiger partial charge in [-0.3, -0.25) is 0 Å². The monoisotopic (exact) mass is 842 g/mol. The van der Waals surface area contributed by atoms with Gasteiger partial charge in [0.1, 0.15) is 11.3 Å². The first kappa shape index (κ1) is 37.6. The molecule has 0 radical (unpaired) electrons. The Morgan fingerprint density at radius 3 is 1.32 bits per heavy atom. The summed E-state index contributed by atoms with van der Waals surface area (Å²) in [6.45, 7) is 0. The fourth-order valence-electron chi connectivity index (χ4n) is 9.84. The van der Waals surface area contributed by atoms with Gasteiger partial charge in [-0.2, -0.15) is 0 Å². The molecule has 0 saturated heterocycles. The lowest BCUT2D eigenvalue weighted by Gasteiger charge is -2.18. The first-order chi connectivity index (χ1) is 32.7. The minimum absolute atomic E-state index is 0.584. The predicted molar refractivity (Wildman–Crippen MR) is 272 cm³/mol. The number of aromatic nitrogens is 4. The number of furan rings is 1. The smallest absolute Gasteiger partial charge is 0.166 e. The highest BCUT2D eigenvalue weighted by atomic mass is 16.3. The predicted octanol–water partition coefficient (Wildman–Crippen LogP) is 16.0. The van der Waals surface area contributed by atoms with Crippen LogP contribution in [0.4, 0.5) is 0 Å². The van der Waals surface area contributed by atoms with E-state index >= 15 is 0 Å². The van der Waals surface area contributed by atoms with Crippen LogP contribution >= 0.6 is 0 Å². The molecular weight excluding hydrogens is 805 g/mol. The number of benzene rings is 10. The van der Waals surface area contributed by atoms with Crippen LogP contribution in [-0.2, 0) is 0 Å². The summed E-state index contributed by atoms with van der Waals surface area (Å²) in [5.74, 6) is 2.58. The molecule has 0 aliphatic carbocycles. The Morgan fingerprint density at radius 2 is 0.742 bits per heavy atom. The number of para-hydroxylation sites is 4. The Bertz CT molecular complexity index is 3840. The van der Waals surface area contributed by atoms with E-state index in [2.05, 4.69) is 217 Å². The quantitative estimate of drug-likeness (QED) is 0.150. The summed E-state index contributed by atoms with van der Waals surface area (Å²) >= 11 is 0. The highest BCUT2D eigenvalue weighted by molar-refractivity contribution is 6.21. The van der Waals surface area contributed by atoms with E-state index in [0.717, 1.165) is 61.3 Å². The van der Waals surface area contributed by atoms with Gasteiger partial charge in [-0.05, 0) is 80.2 Å². The van der Waals surface area contributed by atoms with Crippen LogP contribution in [0.1, 0.15) is 0 Å². The van der Waals surface area contributed by atoms with E-state index in [0.29, 0.717) is 17.5 Å². The largest absolute Gasteiger partial charge is 0.456 e. The van der Waals surface area contributed by atoms with Crippen LogP contribution in [0.15, 0.2) is 235 Å². The molecule has 5 nitrogen and oxygen atoms in total. The molecule has 0 aliphatic rings. The average molecular weight is 843 g/mol. The molecule has 0 spiro atoms. The van der Waals surface area contributed by atoms with Crippen molar-refractivity contribution in [3.8, 4) is 73.4 Å². The van der Waals surface area contributed by atoms with Gasteiger partial charge in [-0.25, -0.2) is 15.0 Å². The van der Waals surface area contributed by atoms with Gasteiger partial charge in [0, 0.05) is 38.4 Å². The number of rotatable bonds is 7. The number of hydrogen-bond donors (Lipinski definition) is 0. The lowest BCUT2D eigenvalue weighted by molar-refractivity contribution is 0.631. The second-order valence-corrected chi connectivity index (χ2v) is 16.7. The molecule has 0 bridgehead atoms. The third-order valence-electron chi connectivity index (χ3n) is 12.9. The normalized spacial score (nSPS) is 11.6. The van der Waals surface area contributed by atoms with E-state index < -0.39 is 0 Å². The fraction of sp³-hybridized carbons (Fsp3) is 0. The average Bonchev–Trinajstić information content (AvgIpc) is 3.98. The maximum atomic E-state index is 6.23. The molecule has 0 amide bonds. The molecule has 308 valence electrons. The molecule has 0 aliphatic heterocycles. The standard InChI is InChI=1S/C61H38N4O/c1-2-16-40(17-3-1)57-47-21-5-7-23-49(47)58(50-24-8-6-22-48(50)57)41-32-36-43(37-33-41)60-62-59(42-34-30-39(31-35-42)56-38-44-18-4-15-29-55(44)66-56)63-61(64-60)51-25-11-14-28-54(51)65-52-26-12-9-19-45(52)46-20-10-13-27-53(46)65/h1-38H. The summed E-state index contributed by atoms with van der Waals surface area (Å²) in [5, 5.41) is 8.32. The van der Waals surface area contributed by atoms with Gasteiger partial charge in [-0.1, -0.05) is 194 Å². The Kier molecular flexibility index (Phi) is 8.78. The van der Waals surface area contributed by atoms with Gasteiger partial charge in [0.25, 0.3) is 0 Å². The van der Waals surface area contributed by atoms with E-state index in [1.807, 2.05) is 18.2 Å². The molecule has 13 aromatic rings. The molecule has 0 fully saturated rings. The molecule has 3 heterocycles. The van der Waals surface area contributed by atoms with Crippen molar-refractivity contribution in [2.45, 2.75) is 0 Å². The lowest BCUT2D eigenvalue weighted by Crippen LogP contribution is -2.03. The van der Waals surface area contributed by atoms with Crippen molar-refractivity contribution in [1.82, 2.24) is 19.5 Å². The molecule has 13 rings (SSSR count). The lowest BCUT2D eigenvalue weighted by atomic mass is 9.86. The van der Waals surface area contributed by atoms with Crippen molar-refractivity contribution in [3.05, 3.63) is 231 Å². The SMILES string of the molecule is c1ccc(-c2c3ccccc3c(-c3ccc(-c4nc(-c5ccc(-c6cc7ccccc7o6)cc5)nc(-c5ccccc5-n5c6ccccc6c6ccccc65)n4)cc3)c3ccccc23)cc1. The first-order valence-corrected chi connectivity index (χ1v) is 22.3. The van der Waals surface area contributed by atoms with Gasteiger partial charge in [0.15, 0.2) is 17.5 Å². The number of nitrogens with zero attached hydrogens (tertiary/aromatic N) is 4. The zero-order valence-electron chi connectivity index (χ0n) is 35.6. The molecule has 10 aromatic carbocycles. The van der Waals surface area contributed by atoms with Crippen LogP contribution in [0.25, 0.3) is 128 Å². The molecule has 0 saturated carbocycles. The van der Waals surface area contributed by atoms with E-state index in [-0.39, 0.29) is 0 Å². The van der Waals surface area contributed by atoms with Crippen molar-refractivity contribution < 1.29 is 4.42 Å². The molecule has 5 heteroatoms. The fourth-order valence-corrected chi connectivity index (χ4v) is 9.84. The van der Waals surface area contributed by atoms with Crippen LogP contribution in [0.5, 0.6) is 0 Å². The highest BCUT2D eigenvalue weighted by Gasteiger charge is 2.21. The van der Waals surface area contributed by atoms with Crippen LogP contribution < -0.4 is 0 Å². The zero-order chi connectivity index (χ0) is 43.6. The Morgan fingerprint density at radius 1 is 0.318 bits per heavy atom. The third-order valence-corrected chi connectivity index (χ3v) is 12.9. The molecule has 3 aromatic heterocycles. The maximum absolute atomic E-state index is 6.23. The second-order valence-electron chi connectivity index (χ2n) is 16.7. The summed E-state index contributed by atoms with van der Waals surface area (Å²) in [4.78, 5) is 15.8. The zero-order valence-corrected chi connectivity index (χ0v) is 35.6. The van der Waals surface area contributed by atoms with Crippen LogP contribution in [0, 0.1) is 0 Å². The Labute approximate surface area is 380 Å². The number of hydrogen-bond acceptors (Lipinski definition) is 4. The minimum atomic E-state index is 0.584. The van der Waals surface area contributed by atoms with Gasteiger partial charge in [-0.15, -0.1) is 0 Å². The number of fused-ring (bicyclic) bond motifs is 6. The van der Waals surface area contributed by atoms with Crippen LogP contribution in [0.3, 0.4) is 0 Å². The first-order valence-electron chi connectivity index (χ1n) is 22.3. The van der Waals surface area contributed by atoms with Crippen molar-refractivity contribution in [1.29, 1.82) is 0 Å². The summed E-state index contributed by atoms with van der Waals surface area (Å²) < 4.78 is 8.57. The van der Waals surface area contributed by atoms with Gasteiger partial charge < -0.3 is 8.98 Å². The van der Waals surface area contributed by atoms with E-state index in [9.17, 15) is 0 Å². The van der Waals surface area contributed by atoms with Crippen molar-refractivity contribution >= 4 is 54.3 Å². The van der Waals surface area contributed by atoms with Gasteiger partial charge in [0.05, 0.1) is 16.7 Å². The topological polar surface area (TPSA) is 56.7 Å². The minimum Gasteiger partial charge on any atom is -0.456 e. The second kappa shape index (κ2) is 15.4.